The number of hydrogen-bond acceptors (Lipinski definition) is 2. The van der Waals surface area contributed by atoms with E-state index in [2.05, 4.69) is 5.32 Å². The smallest absolute Gasteiger partial charge is 0.246 e. The summed E-state index contributed by atoms with van der Waals surface area (Å²) in [6.07, 6.45) is 5.76. The lowest BCUT2D eigenvalue weighted by Gasteiger charge is -2.31. The molecule has 1 heterocycles. The fraction of sp³-hybridized carbons (Fsp3) is 0.400. The van der Waals surface area contributed by atoms with Crippen LogP contribution in [0.25, 0.3) is 6.08 Å². The van der Waals surface area contributed by atoms with Gasteiger partial charge < -0.3 is 10.2 Å². The zero-order chi connectivity index (χ0) is 12.8. The van der Waals surface area contributed by atoms with Crippen LogP contribution in [0.15, 0.2) is 36.4 Å². The van der Waals surface area contributed by atoms with Crippen LogP contribution in [0.4, 0.5) is 0 Å². The maximum Gasteiger partial charge on any atom is 0.246 e. The summed E-state index contributed by atoms with van der Waals surface area (Å²) in [5.41, 5.74) is 1.06. The number of carbonyl (C=O) groups is 1. The van der Waals surface area contributed by atoms with E-state index in [9.17, 15) is 4.79 Å². The Hall–Kier alpha value is -1.61. The van der Waals surface area contributed by atoms with Crippen LogP contribution in [0.1, 0.15) is 18.4 Å². The number of nitrogens with zero attached hydrogens (tertiary/aromatic N) is 1. The summed E-state index contributed by atoms with van der Waals surface area (Å²) in [7, 11) is 1.88. The highest BCUT2D eigenvalue weighted by atomic mass is 16.2. The lowest BCUT2D eigenvalue weighted by atomic mass is 10.1. The van der Waals surface area contributed by atoms with Gasteiger partial charge in [0.15, 0.2) is 0 Å². The molecule has 0 radical (unpaired) electrons. The highest BCUT2D eigenvalue weighted by molar-refractivity contribution is 5.91. The SMILES string of the molecule is CN(C(=O)/C=C/c1ccccc1)C1CCCNC1. The molecule has 1 saturated heterocycles. The molecule has 0 spiro atoms. The third-order valence-electron chi connectivity index (χ3n) is 3.38. The van der Waals surface area contributed by atoms with Crippen molar-refractivity contribution < 1.29 is 4.79 Å². The molecular weight excluding hydrogens is 224 g/mol. The van der Waals surface area contributed by atoms with Crippen molar-refractivity contribution in [1.29, 1.82) is 0 Å². The zero-order valence-corrected chi connectivity index (χ0v) is 10.8. The van der Waals surface area contributed by atoms with Gasteiger partial charge in [-0.2, -0.15) is 0 Å². The summed E-state index contributed by atoms with van der Waals surface area (Å²) in [5.74, 6) is 0.0764. The minimum Gasteiger partial charge on any atom is -0.338 e. The van der Waals surface area contributed by atoms with Gasteiger partial charge in [-0.25, -0.2) is 0 Å². The zero-order valence-electron chi connectivity index (χ0n) is 10.8. The Morgan fingerprint density at radius 1 is 1.39 bits per heavy atom. The topological polar surface area (TPSA) is 32.3 Å². The van der Waals surface area contributed by atoms with E-state index in [1.165, 1.54) is 0 Å². The molecule has 1 fully saturated rings. The molecule has 3 nitrogen and oxygen atoms in total. The fourth-order valence-corrected chi connectivity index (χ4v) is 2.19. The third-order valence-corrected chi connectivity index (χ3v) is 3.38. The van der Waals surface area contributed by atoms with Crippen molar-refractivity contribution in [1.82, 2.24) is 10.2 Å². The average molecular weight is 244 g/mol. The molecule has 1 aromatic carbocycles. The molecule has 1 amide bonds. The van der Waals surface area contributed by atoms with Gasteiger partial charge in [-0.05, 0) is 31.0 Å². The number of hydrogen-bond donors (Lipinski definition) is 1. The number of benzene rings is 1. The van der Waals surface area contributed by atoms with Gasteiger partial charge in [0.25, 0.3) is 0 Å². The Bertz CT molecular complexity index is 408. The standard InChI is InChI=1S/C15H20N2O/c1-17(14-8-5-11-16-12-14)15(18)10-9-13-6-3-2-4-7-13/h2-4,6-7,9-10,14,16H,5,8,11-12H2,1H3/b10-9+. The van der Waals surface area contributed by atoms with Crippen LogP contribution in [-0.2, 0) is 4.79 Å². The molecule has 0 aromatic heterocycles. The molecule has 96 valence electrons. The van der Waals surface area contributed by atoms with Crippen LogP contribution in [0.3, 0.4) is 0 Å². The van der Waals surface area contributed by atoms with E-state index in [0.717, 1.165) is 31.5 Å². The van der Waals surface area contributed by atoms with Gasteiger partial charge in [0.2, 0.25) is 5.91 Å². The van der Waals surface area contributed by atoms with E-state index < -0.39 is 0 Å². The summed E-state index contributed by atoms with van der Waals surface area (Å²) in [6.45, 7) is 1.97. The molecule has 1 unspecified atom stereocenters. The van der Waals surface area contributed by atoms with Crippen LogP contribution >= 0.6 is 0 Å². The largest absolute Gasteiger partial charge is 0.338 e. The summed E-state index contributed by atoms with van der Waals surface area (Å²) in [6, 6.07) is 10.2. The molecule has 1 aliphatic rings. The van der Waals surface area contributed by atoms with Crippen molar-refractivity contribution in [3.8, 4) is 0 Å². The minimum absolute atomic E-state index is 0.0764. The molecule has 1 atom stereocenters. The van der Waals surface area contributed by atoms with Crippen LogP contribution in [0, 0.1) is 0 Å². The van der Waals surface area contributed by atoms with Crippen molar-refractivity contribution in [2.24, 2.45) is 0 Å². The molecule has 18 heavy (non-hydrogen) atoms. The monoisotopic (exact) mass is 244 g/mol. The van der Waals surface area contributed by atoms with Gasteiger partial charge in [0.05, 0.1) is 0 Å². The van der Waals surface area contributed by atoms with Crippen LogP contribution < -0.4 is 5.32 Å². The Labute approximate surface area is 108 Å². The third kappa shape index (κ3) is 3.44. The predicted molar refractivity (Wildman–Crippen MR) is 74.1 cm³/mol. The van der Waals surface area contributed by atoms with Gasteiger partial charge in [-0.1, -0.05) is 30.3 Å². The molecule has 0 saturated carbocycles. The molecule has 1 N–H and O–H groups in total. The first-order valence-corrected chi connectivity index (χ1v) is 6.48. The van der Waals surface area contributed by atoms with Crippen molar-refractivity contribution in [3.63, 3.8) is 0 Å². The Morgan fingerprint density at radius 3 is 2.83 bits per heavy atom. The molecule has 0 aliphatic carbocycles. The highest BCUT2D eigenvalue weighted by Gasteiger charge is 2.19. The first-order chi connectivity index (χ1) is 8.77. The molecular formula is C15H20N2O. The fourth-order valence-electron chi connectivity index (χ4n) is 2.19. The molecule has 1 aliphatic heterocycles. The van der Waals surface area contributed by atoms with Crippen LogP contribution in [0.5, 0.6) is 0 Å². The predicted octanol–water partition coefficient (Wildman–Crippen LogP) is 1.91. The number of piperidine rings is 1. The summed E-state index contributed by atoms with van der Waals surface area (Å²) in [4.78, 5) is 13.9. The molecule has 3 heteroatoms. The van der Waals surface area contributed by atoms with Crippen LogP contribution in [0.2, 0.25) is 0 Å². The lowest BCUT2D eigenvalue weighted by Crippen LogP contribution is -2.46. The lowest BCUT2D eigenvalue weighted by molar-refractivity contribution is -0.127. The van der Waals surface area contributed by atoms with E-state index in [4.69, 9.17) is 0 Å². The van der Waals surface area contributed by atoms with Gasteiger partial charge in [0.1, 0.15) is 0 Å². The number of nitrogens with one attached hydrogen (secondary N) is 1. The first kappa shape index (κ1) is 12.8. The van der Waals surface area contributed by atoms with E-state index in [-0.39, 0.29) is 5.91 Å². The minimum atomic E-state index is 0.0764. The van der Waals surface area contributed by atoms with E-state index >= 15 is 0 Å². The van der Waals surface area contributed by atoms with Gasteiger partial charge in [-0.3, -0.25) is 4.79 Å². The average Bonchev–Trinajstić information content (AvgIpc) is 2.46. The van der Waals surface area contributed by atoms with E-state index in [0.29, 0.717) is 6.04 Å². The first-order valence-electron chi connectivity index (χ1n) is 6.48. The normalized spacial score (nSPS) is 19.9. The molecule has 0 bridgehead atoms. The van der Waals surface area contributed by atoms with Crippen molar-refractivity contribution in [3.05, 3.63) is 42.0 Å². The summed E-state index contributed by atoms with van der Waals surface area (Å²) >= 11 is 0. The molecule has 2 rings (SSSR count). The number of rotatable bonds is 3. The maximum atomic E-state index is 12.0. The van der Waals surface area contributed by atoms with Crippen molar-refractivity contribution in [2.75, 3.05) is 20.1 Å². The second-order valence-electron chi connectivity index (χ2n) is 4.69. The second kappa shape index (κ2) is 6.36. The maximum absolute atomic E-state index is 12.0. The summed E-state index contributed by atoms with van der Waals surface area (Å²) < 4.78 is 0. The number of carbonyl (C=O) groups excluding carboxylic acids is 1. The second-order valence-corrected chi connectivity index (χ2v) is 4.69. The van der Waals surface area contributed by atoms with E-state index in [1.807, 2.05) is 48.4 Å². The molecule has 1 aromatic rings. The Morgan fingerprint density at radius 2 is 2.17 bits per heavy atom. The summed E-state index contributed by atoms with van der Waals surface area (Å²) in [5, 5.41) is 3.33. The van der Waals surface area contributed by atoms with E-state index in [1.54, 1.807) is 6.08 Å². The number of likely N-dealkylation sites (N-methyl/N-ethyl adjacent to an activating group) is 1. The van der Waals surface area contributed by atoms with Crippen molar-refractivity contribution >= 4 is 12.0 Å². The van der Waals surface area contributed by atoms with Gasteiger partial charge in [0, 0.05) is 25.7 Å². The quantitative estimate of drug-likeness (QED) is 0.824. The highest BCUT2D eigenvalue weighted by Crippen LogP contribution is 2.09. The number of amides is 1. The van der Waals surface area contributed by atoms with Gasteiger partial charge >= 0.3 is 0 Å². The Kier molecular flexibility index (Phi) is 4.53. The van der Waals surface area contributed by atoms with Gasteiger partial charge in [-0.15, -0.1) is 0 Å². The Balaban J connectivity index is 1.92. The van der Waals surface area contributed by atoms with Crippen LogP contribution in [-0.4, -0.2) is 37.0 Å². The van der Waals surface area contributed by atoms with Crippen molar-refractivity contribution in [2.45, 2.75) is 18.9 Å².